The molecule has 2 N–H and O–H groups in total. The SMILES string of the molecule is CCN(CC1CCCO1)S(=O)(=O)c1n[nH]c(C)c1C(=O)O. The summed E-state index contributed by atoms with van der Waals surface area (Å²) in [6.07, 6.45) is 1.56. The van der Waals surface area contributed by atoms with Gasteiger partial charge in [0.2, 0.25) is 5.03 Å². The number of sulfonamides is 1. The maximum Gasteiger partial charge on any atom is 0.340 e. The second kappa shape index (κ2) is 6.12. The van der Waals surface area contributed by atoms with E-state index in [1.54, 1.807) is 6.92 Å². The molecule has 9 heteroatoms. The number of aromatic carboxylic acids is 1. The van der Waals surface area contributed by atoms with Crippen molar-refractivity contribution in [1.29, 1.82) is 0 Å². The Hall–Kier alpha value is -1.45. The Balaban J connectivity index is 2.32. The van der Waals surface area contributed by atoms with Gasteiger partial charge < -0.3 is 9.84 Å². The fraction of sp³-hybridized carbons (Fsp3) is 0.667. The molecular formula is C12H19N3O5S. The highest BCUT2D eigenvalue weighted by Crippen LogP contribution is 2.22. The molecule has 1 unspecified atom stereocenters. The van der Waals surface area contributed by atoms with E-state index in [0.29, 0.717) is 6.61 Å². The van der Waals surface area contributed by atoms with Gasteiger partial charge in [-0.1, -0.05) is 6.92 Å². The third-order valence-electron chi connectivity index (χ3n) is 3.50. The Bertz CT molecular complexity index is 619. The minimum atomic E-state index is -3.96. The predicted octanol–water partition coefficient (Wildman–Crippen LogP) is 0.606. The summed E-state index contributed by atoms with van der Waals surface area (Å²) >= 11 is 0. The van der Waals surface area contributed by atoms with Gasteiger partial charge in [-0.25, -0.2) is 13.2 Å². The van der Waals surface area contributed by atoms with Crippen LogP contribution >= 0.6 is 0 Å². The van der Waals surface area contributed by atoms with Crippen LogP contribution < -0.4 is 0 Å². The quantitative estimate of drug-likeness (QED) is 0.794. The number of carboxylic acids is 1. The van der Waals surface area contributed by atoms with Gasteiger partial charge in [-0.3, -0.25) is 5.10 Å². The van der Waals surface area contributed by atoms with Crippen LogP contribution in [0.4, 0.5) is 0 Å². The minimum absolute atomic E-state index is 0.145. The van der Waals surface area contributed by atoms with E-state index in [1.165, 1.54) is 11.2 Å². The molecule has 1 aromatic heterocycles. The van der Waals surface area contributed by atoms with Gasteiger partial charge in [0, 0.05) is 25.4 Å². The second-order valence-electron chi connectivity index (χ2n) is 4.92. The maximum atomic E-state index is 12.6. The van der Waals surface area contributed by atoms with Crippen LogP contribution in [0.15, 0.2) is 5.03 Å². The predicted molar refractivity (Wildman–Crippen MR) is 73.7 cm³/mol. The maximum absolute atomic E-state index is 12.6. The van der Waals surface area contributed by atoms with E-state index in [1.807, 2.05) is 0 Å². The number of carbonyl (C=O) groups is 1. The topological polar surface area (TPSA) is 113 Å². The van der Waals surface area contributed by atoms with Gasteiger partial charge in [0.15, 0.2) is 0 Å². The summed E-state index contributed by atoms with van der Waals surface area (Å²) in [6, 6.07) is 0. The van der Waals surface area contributed by atoms with Crippen molar-refractivity contribution in [3.63, 3.8) is 0 Å². The number of aromatic nitrogens is 2. The zero-order valence-electron chi connectivity index (χ0n) is 12.0. The summed E-state index contributed by atoms with van der Waals surface area (Å²) < 4.78 is 31.9. The monoisotopic (exact) mass is 317 g/mol. The van der Waals surface area contributed by atoms with Crippen molar-refractivity contribution in [2.24, 2.45) is 0 Å². The van der Waals surface area contributed by atoms with Crippen LogP contribution in [-0.4, -0.2) is 59.8 Å². The van der Waals surface area contributed by atoms with Gasteiger partial charge in [0.05, 0.1) is 6.10 Å². The first-order chi connectivity index (χ1) is 9.87. The summed E-state index contributed by atoms with van der Waals surface area (Å²) in [6.45, 7) is 4.25. The molecule has 2 heterocycles. The smallest absolute Gasteiger partial charge is 0.340 e. The van der Waals surface area contributed by atoms with E-state index in [9.17, 15) is 13.2 Å². The van der Waals surface area contributed by atoms with Crippen molar-refractivity contribution in [2.75, 3.05) is 19.7 Å². The van der Waals surface area contributed by atoms with Crippen LogP contribution in [0, 0.1) is 6.92 Å². The Morgan fingerprint density at radius 3 is 2.81 bits per heavy atom. The lowest BCUT2D eigenvalue weighted by Gasteiger charge is -2.22. The standard InChI is InChI=1S/C12H19N3O5S/c1-3-15(7-9-5-4-6-20-9)21(18,19)11-10(12(16)17)8(2)13-14-11/h9H,3-7H2,1-2H3,(H,13,14)(H,16,17). The lowest BCUT2D eigenvalue weighted by Crippen LogP contribution is -2.38. The first-order valence-corrected chi connectivity index (χ1v) is 8.22. The van der Waals surface area contributed by atoms with Crippen molar-refractivity contribution in [3.8, 4) is 0 Å². The highest BCUT2D eigenvalue weighted by atomic mass is 32.2. The van der Waals surface area contributed by atoms with Crippen molar-refractivity contribution in [1.82, 2.24) is 14.5 Å². The number of carboxylic acid groups (broad SMARTS) is 1. The van der Waals surface area contributed by atoms with E-state index in [-0.39, 0.29) is 30.5 Å². The summed E-state index contributed by atoms with van der Waals surface area (Å²) in [4.78, 5) is 11.2. The zero-order valence-corrected chi connectivity index (χ0v) is 12.8. The highest BCUT2D eigenvalue weighted by Gasteiger charge is 2.34. The fourth-order valence-electron chi connectivity index (χ4n) is 2.38. The first-order valence-electron chi connectivity index (χ1n) is 6.78. The number of hydrogen-bond acceptors (Lipinski definition) is 5. The summed E-state index contributed by atoms with van der Waals surface area (Å²) in [5, 5.41) is 14.8. The minimum Gasteiger partial charge on any atom is -0.478 e. The molecule has 1 atom stereocenters. The van der Waals surface area contributed by atoms with Gasteiger partial charge >= 0.3 is 5.97 Å². The molecule has 0 bridgehead atoms. The molecule has 2 rings (SSSR count). The molecule has 1 fully saturated rings. The molecule has 0 aliphatic carbocycles. The van der Waals surface area contributed by atoms with E-state index < -0.39 is 21.0 Å². The lowest BCUT2D eigenvalue weighted by atomic mass is 10.2. The van der Waals surface area contributed by atoms with Crippen molar-refractivity contribution < 1.29 is 23.1 Å². The second-order valence-corrected chi connectivity index (χ2v) is 6.78. The number of likely N-dealkylation sites (N-methyl/N-ethyl adjacent to an activating group) is 1. The number of H-pyrrole nitrogens is 1. The molecule has 0 saturated carbocycles. The van der Waals surface area contributed by atoms with Crippen molar-refractivity contribution in [3.05, 3.63) is 11.3 Å². The summed E-state index contributed by atoms with van der Waals surface area (Å²) in [5.74, 6) is -1.31. The number of aryl methyl sites for hydroxylation is 1. The average Bonchev–Trinajstić information content (AvgIpc) is 3.04. The Kier molecular flexibility index (Phi) is 4.64. The molecule has 0 spiro atoms. The molecule has 0 aromatic carbocycles. The highest BCUT2D eigenvalue weighted by molar-refractivity contribution is 7.89. The molecule has 21 heavy (non-hydrogen) atoms. The molecule has 1 aliphatic heterocycles. The fourth-order valence-corrected chi connectivity index (χ4v) is 3.99. The van der Waals surface area contributed by atoms with E-state index in [4.69, 9.17) is 9.84 Å². The zero-order chi connectivity index (χ0) is 15.6. The van der Waals surface area contributed by atoms with Gasteiger partial charge in [0.25, 0.3) is 10.0 Å². The lowest BCUT2D eigenvalue weighted by molar-refractivity contribution is 0.0691. The van der Waals surface area contributed by atoms with Gasteiger partial charge in [0.1, 0.15) is 5.56 Å². The van der Waals surface area contributed by atoms with Gasteiger partial charge in [-0.15, -0.1) is 0 Å². The van der Waals surface area contributed by atoms with E-state index in [2.05, 4.69) is 10.2 Å². The molecule has 0 radical (unpaired) electrons. The van der Waals surface area contributed by atoms with Gasteiger partial charge in [-0.2, -0.15) is 9.40 Å². The third-order valence-corrected chi connectivity index (χ3v) is 5.37. The molecule has 0 amide bonds. The molecule has 8 nitrogen and oxygen atoms in total. The summed E-state index contributed by atoms with van der Waals surface area (Å²) in [5.41, 5.74) is -0.0879. The Morgan fingerprint density at radius 1 is 1.57 bits per heavy atom. The number of nitrogens with one attached hydrogen (secondary N) is 1. The van der Waals surface area contributed by atoms with Crippen LogP contribution in [-0.2, 0) is 14.8 Å². The largest absolute Gasteiger partial charge is 0.478 e. The van der Waals surface area contributed by atoms with E-state index >= 15 is 0 Å². The first kappa shape index (κ1) is 15.9. The van der Waals surface area contributed by atoms with Crippen LogP contribution in [0.2, 0.25) is 0 Å². The van der Waals surface area contributed by atoms with Crippen molar-refractivity contribution >= 4 is 16.0 Å². The number of nitrogens with zero attached hydrogens (tertiary/aromatic N) is 2. The van der Waals surface area contributed by atoms with E-state index in [0.717, 1.165) is 12.8 Å². The average molecular weight is 317 g/mol. The number of ether oxygens (including phenoxy) is 1. The van der Waals surface area contributed by atoms with Crippen LogP contribution in [0.5, 0.6) is 0 Å². The molecule has 1 aromatic rings. The third kappa shape index (κ3) is 3.09. The Morgan fingerprint density at radius 2 is 2.29 bits per heavy atom. The number of rotatable bonds is 6. The number of aromatic amines is 1. The van der Waals surface area contributed by atoms with Crippen molar-refractivity contribution in [2.45, 2.75) is 37.8 Å². The summed E-state index contributed by atoms with van der Waals surface area (Å²) in [7, 11) is -3.96. The number of hydrogen-bond donors (Lipinski definition) is 2. The van der Waals surface area contributed by atoms with Crippen LogP contribution in [0.1, 0.15) is 35.8 Å². The van der Waals surface area contributed by atoms with Crippen LogP contribution in [0.3, 0.4) is 0 Å². The molecule has 118 valence electrons. The molecule has 1 aliphatic rings. The Labute approximate surface area is 123 Å². The van der Waals surface area contributed by atoms with Crippen LogP contribution in [0.25, 0.3) is 0 Å². The normalized spacial score (nSPS) is 19.3. The molecule has 1 saturated heterocycles. The van der Waals surface area contributed by atoms with Gasteiger partial charge in [-0.05, 0) is 19.8 Å². The molecular weight excluding hydrogens is 298 g/mol.